The van der Waals surface area contributed by atoms with E-state index in [0.29, 0.717) is 18.7 Å². The Kier molecular flexibility index (Phi) is 7.13. The van der Waals surface area contributed by atoms with E-state index in [-0.39, 0.29) is 23.8 Å². The van der Waals surface area contributed by atoms with Crippen molar-refractivity contribution in [3.8, 4) is 0 Å². The number of aromatic nitrogens is 1. The van der Waals surface area contributed by atoms with Gasteiger partial charge in [0.2, 0.25) is 5.91 Å². The molecule has 0 radical (unpaired) electrons. The van der Waals surface area contributed by atoms with Gasteiger partial charge in [-0.05, 0) is 53.0 Å². The summed E-state index contributed by atoms with van der Waals surface area (Å²) in [6, 6.07) is 11.5. The van der Waals surface area contributed by atoms with E-state index in [1.165, 1.54) is 11.8 Å². The average molecular weight is 462 g/mol. The summed E-state index contributed by atoms with van der Waals surface area (Å²) >= 11 is 4.86. The summed E-state index contributed by atoms with van der Waals surface area (Å²) in [5.74, 6) is 0.129. The summed E-state index contributed by atoms with van der Waals surface area (Å²) in [6.07, 6.45) is 3.32. The molecule has 1 N–H and O–H groups in total. The molecule has 0 spiro atoms. The Hall–Kier alpha value is -1.86. The van der Waals surface area contributed by atoms with E-state index >= 15 is 0 Å². The largest absolute Gasteiger partial charge is 0.349 e. The molecule has 0 saturated carbocycles. The van der Waals surface area contributed by atoms with Crippen LogP contribution in [0, 0.1) is 5.92 Å². The van der Waals surface area contributed by atoms with E-state index in [0.717, 1.165) is 27.2 Å². The lowest BCUT2D eigenvalue weighted by atomic mass is 10.0. The molecule has 5 nitrogen and oxygen atoms in total. The number of benzene rings is 1. The van der Waals surface area contributed by atoms with Crippen molar-refractivity contribution >= 4 is 39.5 Å². The average Bonchev–Trinajstić information content (AvgIpc) is 2.70. The number of nitrogens with zero attached hydrogens (tertiary/aromatic N) is 2. The van der Waals surface area contributed by atoms with Gasteiger partial charge in [-0.2, -0.15) is 0 Å². The molecule has 0 bridgehead atoms. The molecule has 7 heteroatoms. The summed E-state index contributed by atoms with van der Waals surface area (Å²) in [5.41, 5.74) is 0.651. The van der Waals surface area contributed by atoms with E-state index in [2.05, 4.69) is 26.2 Å². The van der Waals surface area contributed by atoms with E-state index < -0.39 is 0 Å². The Balaban J connectivity index is 1.62. The molecule has 1 aliphatic heterocycles. The minimum absolute atomic E-state index is 0.0160. The number of piperidine rings is 1. The van der Waals surface area contributed by atoms with Gasteiger partial charge in [0.05, 0.1) is 5.56 Å². The second-order valence-corrected chi connectivity index (χ2v) is 9.12. The number of likely N-dealkylation sites (tertiary alicyclic amines) is 1. The van der Waals surface area contributed by atoms with Gasteiger partial charge >= 0.3 is 0 Å². The number of rotatable bonds is 5. The summed E-state index contributed by atoms with van der Waals surface area (Å²) in [6.45, 7) is 5.23. The van der Waals surface area contributed by atoms with Crippen molar-refractivity contribution in [2.45, 2.75) is 42.7 Å². The van der Waals surface area contributed by atoms with Crippen molar-refractivity contribution in [1.82, 2.24) is 15.2 Å². The van der Waals surface area contributed by atoms with Gasteiger partial charge in [0.1, 0.15) is 5.03 Å². The Bertz CT molecular complexity index is 834. The van der Waals surface area contributed by atoms with Crippen LogP contribution in [0.4, 0.5) is 0 Å². The number of pyridine rings is 1. The molecule has 2 aromatic rings. The molecular weight excluding hydrogens is 438 g/mol. The summed E-state index contributed by atoms with van der Waals surface area (Å²) in [5, 5.41) is 3.98. The zero-order chi connectivity index (χ0) is 20.1. The van der Waals surface area contributed by atoms with E-state index in [1.807, 2.05) is 55.1 Å². The van der Waals surface area contributed by atoms with Crippen LogP contribution < -0.4 is 5.32 Å². The molecule has 0 atom stereocenters. The van der Waals surface area contributed by atoms with Gasteiger partial charge in [0.15, 0.2) is 0 Å². The number of hydrogen-bond donors (Lipinski definition) is 1. The molecule has 1 aliphatic rings. The van der Waals surface area contributed by atoms with Gasteiger partial charge in [-0.3, -0.25) is 9.59 Å². The SMILES string of the molecule is CC(C)C(=O)N1CCC(NC(=O)c2ccccc2Sc2ccc(Br)cn2)CC1. The van der Waals surface area contributed by atoms with E-state index in [4.69, 9.17) is 0 Å². The predicted molar refractivity (Wildman–Crippen MR) is 114 cm³/mol. The zero-order valence-corrected chi connectivity index (χ0v) is 18.4. The third kappa shape index (κ3) is 5.35. The molecule has 28 heavy (non-hydrogen) atoms. The van der Waals surface area contributed by atoms with Crippen LogP contribution in [0.15, 0.2) is 57.0 Å². The third-order valence-corrected chi connectivity index (χ3v) is 6.18. The molecule has 0 unspecified atom stereocenters. The molecule has 2 amide bonds. The highest BCUT2D eigenvalue weighted by molar-refractivity contribution is 9.10. The van der Waals surface area contributed by atoms with Crippen molar-refractivity contribution < 1.29 is 9.59 Å². The fourth-order valence-electron chi connectivity index (χ4n) is 3.15. The highest BCUT2D eigenvalue weighted by atomic mass is 79.9. The van der Waals surface area contributed by atoms with Crippen molar-refractivity contribution in [3.63, 3.8) is 0 Å². The Morgan fingerprint density at radius 2 is 1.89 bits per heavy atom. The number of carbonyl (C=O) groups is 2. The number of nitrogens with one attached hydrogen (secondary N) is 1. The minimum Gasteiger partial charge on any atom is -0.349 e. The molecule has 1 saturated heterocycles. The predicted octanol–water partition coefficient (Wildman–Crippen LogP) is 4.37. The molecule has 1 aromatic carbocycles. The van der Waals surface area contributed by atoms with E-state index in [1.54, 1.807) is 6.20 Å². The highest BCUT2D eigenvalue weighted by Gasteiger charge is 2.25. The molecule has 0 aliphatic carbocycles. The monoisotopic (exact) mass is 461 g/mol. The normalized spacial score (nSPS) is 14.9. The van der Waals surface area contributed by atoms with Gasteiger partial charge in [-0.25, -0.2) is 4.98 Å². The topological polar surface area (TPSA) is 62.3 Å². The van der Waals surface area contributed by atoms with Crippen LogP contribution in [-0.4, -0.2) is 40.8 Å². The number of hydrogen-bond acceptors (Lipinski definition) is 4. The maximum absolute atomic E-state index is 12.9. The Morgan fingerprint density at radius 3 is 2.54 bits per heavy atom. The highest BCUT2D eigenvalue weighted by Crippen LogP contribution is 2.29. The first-order valence-electron chi connectivity index (χ1n) is 9.42. The molecule has 3 rings (SSSR count). The van der Waals surface area contributed by atoms with Crippen molar-refractivity contribution in [2.75, 3.05) is 13.1 Å². The van der Waals surface area contributed by atoms with Gasteiger partial charge in [0, 0.05) is 40.6 Å². The lowest BCUT2D eigenvalue weighted by molar-refractivity contribution is -0.135. The second-order valence-electron chi connectivity index (χ2n) is 7.14. The van der Waals surface area contributed by atoms with Crippen LogP contribution in [0.5, 0.6) is 0 Å². The van der Waals surface area contributed by atoms with Crippen molar-refractivity contribution in [2.24, 2.45) is 5.92 Å². The van der Waals surface area contributed by atoms with Gasteiger partial charge in [-0.15, -0.1) is 0 Å². The molecule has 1 aromatic heterocycles. The quantitative estimate of drug-likeness (QED) is 0.717. The van der Waals surface area contributed by atoms with Gasteiger partial charge in [-0.1, -0.05) is 37.7 Å². The van der Waals surface area contributed by atoms with Crippen LogP contribution in [0.3, 0.4) is 0 Å². The first-order chi connectivity index (χ1) is 13.4. The fourth-order valence-corrected chi connectivity index (χ4v) is 4.27. The van der Waals surface area contributed by atoms with Gasteiger partial charge < -0.3 is 10.2 Å². The third-order valence-electron chi connectivity index (χ3n) is 4.68. The number of amides is 2. The van der Waals surface area contributed by atoms with E-state index in [9.17, 15) is 9.59 Å². The second kappa shape index (κ2) is 9.56. The first-order valence-corrected chi connectivity index (χ1v) is 11.0. The number of carbonyl (C=O) groups excluding carboxylic acids is 2. The molecule has 1 fully saturated rings. The standard InChI is InChI=1S/C21H24BrN3O2S/c1-14(2)21(27)25-11-9-16(10-12-25)24-20(26)17-5-3-4-6-18(17)28-19-8-7-15(22)13-23-19/h3-8,13-14,16H,9-12H2,1-2H3,(H,24,26). The van der Waals surface area contributed by atoms with Crippen LogP contribution in [0.1, 0.15) is 37.0 Å². The maximum Gasteiger partial charge on any atom is 0.252 e. The first kappa shape index (κ1) is 20.9. The van der Waals surface area contributed by atoms with Crippen LogP contribution in [-0.2, 0) is 4.79 Å². The molecule has 2 heterocycles. The lowest BCUT2D eigenvalue weighted by Gasteiger charge is -2.33. The minimum atomic E-state index is -0.0751. The van der Waals surface area contributed by atoms with Crippen LogP contribution in [0.2, 0.25) is 0 Å². The summed E-state index contributed by atoms with van der Waals surface area (Å²) in [7, 11) is 0. The van der Waals surface area contributed by atoms with Gasteiger partial charge in [0.25, 0.3) is 5.91 Å². The smallest absolute Gasteiger partial charge is 0.252 e. The Morgan fingerprint density at radius 1 is 1.18 bits per heavy atom. The molecule has 148 valence electrons. The summed E-state index contributed by atoms with van der Waals surface area (Å²) in [4.78, 5) is 32.1. The Labute approximate surface area is 178 Å². The zero-order valence-electron chi connectivity index (χ0n) is 16.0. The lowest BCUT2D eigenvalue weighted by Crippen LogP contribution is -2.47. The fraction of sp³-hybridized carbons (Fsp3) is 0.381. The maximum atomic E-state index is 12.9. The van der Waals surface area contributed by atoms with Crippen LogP contribution in [0.25, 0.3) is 0 Å². The van der Waals surface area contributed by atoms with Crippen molar-refractivity contribution in [3.05, 3.63) is 52.6 Å². The number of halogens is 1. The van der Waals surface area contributed by atoms with Crippen LogP contribution >= 0.6 is 27.7 Å². The molecular formula is C21H24BrN3O2S. The van der Waals surface area contributed by atoms with Crippen molar-refractivity contribution in [1.29, 1.82) is 0 Å². The summed E-state index contributed by atoms with van der Waals surface area (Å²) < 4.78 is 0.921.